The van der Waals surface area contributed by atoms with Crippen LogP contribution in [0.5, 0.6) is 0 Å². The minimum Gasteiger partial charge on any atom is -0.377 e. The fourth-order valence-corrected chi connectivity index (χ4v) is 3.95. The van der Waals surface area contributed by atoms with Crippen molar-refractivity contribution in [2.45, 2.75) is 0 Å². The number of fused-ring (bicyclic) bond motifs is 2. The Balaban J connectivity index is 0.00000131. The molecule has 0 saturated heterocycles. The summed E-state index contributed by atoms with van der Waals surface area (Å²) in [4.78, 5) is 2.12. The van der Waals surface area contributed by atoms with E-state index in [0.717, 1.165) is 32.9 Å². The van der Waals surface area contributed by atoms with Crippen LogP contribution >= 0.6 is 8.46 Å². The van der Waals surface area contributed by atoms with Crippen molar-refractivity contribution in [1.29, 1.82) is 0 Å². The standard InChI is InChI=1S/C22H18NOP.2Ar/c1-23(2)19-13-11-15-7-3-5-9-17(15)21(19)22-18-10-6-4-8-16(18)12-14-20(22)25-24;;/h3-14H,1-2H3;;. The molecule has 0 unspecified atom stereocenters. The average molecular weight is 423 g/mol. The smallest absolute Gasteiger partial charge is 0.192 e. The Hall–Kier alpha value is -0.181. The molecule has 0 aliphatic carbocycles. The van der Waals surface area contributed by atoms with Crippen LogP contribution in [0.1, 0.15) is 0 Å². The summed E-state index contributed by atoms with van der Waals surface area (Å²) in [5.74, 6) is 0. The first-order valence-corrected chi connectivity index (χ1v) is 9.06. The van der Waals surface area contributed by atoms with Crippen molar-refractivity contribution in [2.24, 2.45) is 0 Å². The van der Waals surface area contributed by atoms with Gasteiger partial charge in [0.2, 0.25) is 0 Å². The van der Waals surface area contributed by atoms with Gasteiger partial charge in [-0.05, 0) is 33.7 Å². The second kappa shape index (κ2) is 10.0. The van der Waals surface area contributed by atoms with Crippen LogP contribution in [0.15, 0.2) is 72.8 Å². The van der Waals surface area contributed by atoms with Crippen LogP contribution < -0.4 is 10.2 Å². The van der Waals surface area contributed by atoms with Gasteiger partial charge in [-0.2, -0.15) is 0 Å². The number of hydrogen-bond acceptors (Lipinski definition) is 2. The van der Waals surface area contributed by atoms with E-state index in [1.807, 2.05) is 38.4 Å². The van der Waals surface area contributed by atoms with Crippen molar-refractivity contribution < 1.29 is 80.0 Å². The summed E-state index contributed by atoms with van der Waals surface area (Å²) in [7, 11) is 4.14. The maximum atomic E-state index is 11.9. The molecule has 0 N–H and O–H groups in total. The van der Waals surface area contributed by atoms with Crippen LogP contribution in [0.25, 0.3) is 32.7 Å². The van der Waals surface area contributed by atoms with Gasteiger partial charge in [0.05, 0.1) is 5.30 Å². The molecule has 0 spiro atoms. The van der Waals surface area contributed by atoms with E-state index >= 15 is 0 Å². The maximum Gasteiger partial charge on any atom is 0.192 e. The SMILES string of the molecule is CN(C)c1ccc2ccccc2c1-c1c(P=O)ccc2ccccc12.[Ar].[Ar]. The summed E-state index contributed by atoms with van der Waals surface area (Å²) in [6.07, 6.45) is 0. The Morgan fingerprint density at radius 2 is 1.19 bits per heavy atom. The Morgan fingerprint density at radius 3 is 1.74 bits per heavy atom. The molecule has 0 atom stereocenters. The topological polar surface area (TPSA) is 20.3 Å². The van der Waals surface area contributed by atoms with Gasteiger partial charge in [0.25, 0.3) is 0 Å². The third kappa shape index (κ3) is 4.38. The molecular weight excluding hydrogens is 405 g/mol. The van der Waals surface area contributed by atoms with Gasteiger partial charge in [-0.15, -0.1) is 0 Å². The summed E-state index contributed by atoms with van der Waals surface area (Å²) in [5, 5.41) is 5.46. The molecule has 0 aliphatic heterocycles. The van der Waals surface area contributed by atoms with Crippen molar-refractivity contribution in [3.63, 3.8) is 0 Å². The van der Waals surface area contributed by atoms with E-state index in [2.05, 4.69) is 53.4 Å². The predicted octanol–water partition coefficient (Wildman–Crippen LogP) is 5.64. The third-order valence-electron chi connectivity index (χ3n) is 4.64. The van der Waals surface area contributed by atoms with E-state index in [0.29, 0.717) is 0 Å². The van der Waals surface area contributed by atoms with Crippen LogP contribution in [0.4, 0.5) is 5.69 Å². The molecule has 0 bridgehead atoms. The van der Waals surface area contributed by atoms with Crippen LogP contribution in [0, 0.1) is 75.5 Å². The Kier molecular flexibility index (Phi) is 8.58. The van der Waals surface area contributed by atoms with Gasteiger partial charge < -0.3 is 4.90 Å². The summed E-state index contributed by atoms with van der Waals surface area (Å²) in [6.45, 7) is 0. The van der Waals surface area contributed by atoms with Gasteiger partial charge in [0, 0.05) is 106 Å². The fourth-order valence-electron chi connectivity index (χ4n) is 3.49. The first kappa shape index (κ1) is 23.1. The van der Waals surface area contributed by atoms with Gasteiger partial charge in [0.1, 0.15) is 0 Å². The molecule has 0 saturated carbocycles. The minimum atomic E-state index is 0. The molecule has 4 rings (SSSR count). The maximum absolute atomic E-state index is 11.9. The van der Waals surface area contributed by atoms with E-state index < -0.39 is 0 Å². The molecule has 0 fully saturated rings. The monoisotopic (exact) mass is 423 g/mol. The van der Waals surface area contributed by atoms with Crippen molar-refractivity contribution in [1.82, 2.24) is 0 Å². The average Bonchev–Trinajstić information content (AvgIpc) is 2.66. The summed E-state index contributed by atoms with van der Waals surface area (Å²) in [6, 6.07) is 25.0. The molecule has 2 nitrogen and oxygen atoms in total. The zero-order valence-electron chi connectivity index (χ0n) is 14.9. The fraction of sp³-hybridized carbons (Fsp3) is 0.0909. The second-order valence-corrected chi connectivity index (χ2v) is 7.01. The number of nitrogens with zero attached hydrogens (tertiary/aromatic N) is 1. The van der Waals surface area contributed by atoms with E-state index in [4.69, 9.17) is 0 Å². The predicted molar refractivity (Wildman–Crippen MR) is 108 cm³/mol. The van der Waals surface area contributed by atoms with Gasteiger partial charge in [-0.3, -0.25) is 4.57 Å². The zero-order valence-corrected chi connectivity index (χ0v) is 17.2. The number of anilines is 1. The van der Waals surface area contributed by atoms with Crippen LogP contribution in [-0.2, 0) is 4.57 Å². The molecule has 0 aromatic heterocycles. The Bertz CT molecular complexity index is 1110. The molecule has 0 aliphatic rings. The molecule has 0 heterocycles. The first-order valence-electron chi connectivity index (χ1n) is 8.25. The molecule has 4 aromatic rings. The molecule has 0 radical (unpaired) electrons. The summed E-state index contributed by atoms with van der Waals surface area (Å²) in [5.41, 5.74) is 3.31. The van der Waals surface area contributed by atoms with E-state index in [-0.39, 0.29) is 83.9 Å². The van der Waals surface area contributed by atoms with Crippen LogP contribution in [0.3, 0.4) is 0 Å². The van der Waals surface area contributed by atoms with Crippen molar-refractivity contribution in [2.75, 3.05) is 19.0 Å². The van der Waals surface area contributed by atoms with Crippen LogP contribution in [0.2, 0.25) is 0 Å². The zero-order chi connectivity index (χ0) is 17.4. The summed E-state index contributed by atoms with van der Waals surface area (Å²) >= 11 is 0. The van der Waals surface area contributed by atoms with Gasteiger partial charge in [0.15, 0.2) is 8.46 Å². The largest absolute Gasteiger partial charge is 0.377 e. The molecular formula is C22H18Ar2NOP. The van der Waals surface area contributed by atoms with Gasteiger partial charge >= 0.3 is 0 Å². The number of hydrogen-bond donors (Lipinski definition) is 0. The van der Waals surface area contributed by atoms with Crippen molar-refractivity contribution in [3.05, 3.63) is 72.8 Å². The first-order chi connectivity index (χ1) is 12.2. The normalized spacial score (nSPS) is 10.4. The Morgan fingerprint density at radius 1 is 0.667 bits per heavy atom. The molecule has 5 heteroatoms. The summed E-state index contributed by atoms with van der Waals surface area (Å²) < 4.78 is 11.9. The molecule has 27 heavy (non-hydrogen) atoms. The van der Waals surface area contributed by atoms with E-state index in [1.54, 1.807) is 0 Å². The Labute approximate surface area is 221 Å². The molecule has 4 aromatic carbocycles. The minimum absolute atomic E-state index is 0. The van der Waals surface area contributed by atoms with Crippen molar-refractivity contribution in [3.8, 4) is 11.1 Å². The number of benzene rings is 4. The van der Waals surface area contributed by atoms with Gasteiger partial charge in [-0.1, -0.05) is 60.7 Å². The van der Waals surface area contributed by atoms with E-state index in [1.165, 1.54) is 10.8 Å². The quantitative estimate of drug-likeness (QED) is 0.398. The van der Waals surface area contributed by atoms with Crippen LogP contribution in [-0.4, -0.2) is 14.1 Å². The van der Waals surface area contributed by atoms with E-state index in [9.17, 15) is 4.57 Å². The molecule has 138 valence electrons. The second-order valence-electron chi connectivity index (χ2n) is 6.35. The van der Waals surface area contributed by atoms with Crippen molar-refractivity contribution >= 4 is 41.0 Å². The number of rotatable bonds is 3. The molecule has 0 amide bonds. The third-order valence-corrected chi connectivity index (χ3v) is 5.21. The van der Waals surface area contributed by atoms with Gasteiger partial charge in [-0.25, -0.2) is 0 Å².